The number of ether oxygens (including phenoxy) is 1. The van der Waals surface area contributed by atoms with Crippen LogP contribution in [-0.4, -0.2) is 37.5 Å². The average molecular weight is 156 g/mol. The van der Waals surface area contributed by atoms with Crippen LogP contribution in [0.5, 0.6) is 0 Å². The van der Waals surface area contributed by atoms with Crippen molar-refractivity contribution in [1.82, 2.24) is 10.2 Å². The summed E-state index contributed by atoms with van der Waals surface area (Å²) in [7, 11) is 0. The monoisotopic (exact) mass is 156 g/mol. The zero-order valence-corrected chi connectivity index (χ0v) is 6.88. The summed E-state index contributed by atoms with van der Waals surface area (Å²) in [4.78, 5) is 2.40. The minimum absolute atomic E-state index is 0.232. The van der Waals surface area contributed by atoms with Gasteiger partial charge < -0.3 is 4.74 Å². The van der Waals surface area contributed by atoms with Crippen LogP contribution in [0.1, 0.15) is 19.3 Å². The second-order valence-electron chi connectivity index (χ2n) is 3.27. The Bertz CT molecular complexity index is 117. The van der Waals surface area contributed by atoms with Crippen molar-refractivity contribution < 1.29 is 4.74 Å². The van der Waals surface area contributed by atoms with Gasteiger partial charge in [0.15, 0.2) is 6.35 Å². The molecule has 1 atom stereocenters. The van der Waals surface area contributed by atoms with Crippen LogP contribution in [0.4, 0.5) is 0 Å². The van der Waals surface area contributed by atoms with Crippen LogP contribution in [0.2, 0.25) is 0 Å². The van der Waals surface area contributed by atoms with Crippen LogP contribution < -0.4 is 5.32 Å². The molecule has 0 aromatic carbocycles. The highest BCUT2D eigenvalue weighted by Gasteiger charge is 2.23. The summed E-state index contributed by atoms with van der Waals surface area (Å²) in [6.07, 6.45) is 4.29. The molecule has 2 heterocycles. The SMILES string of the molecule is C1CCN(C2NCCO2)CC1. The van der Waals surface area contributed by atoms with Crippen molar-refractivity contribution in [2.75, 3.05) is 26.2 Å². The summed E-state index contributed by atoms with van der Waals surface area (Å²) in [5, 5.41) is 3.33. The van der Waals surface area contributed by atoms with Crippen LogP contribution in [0, 0.1) is 0 Å². The molecule has 0 spiro atoms. The highest BCUT2D eigenvalue weighted by atomic mass is 16.5. The molecule has 0 aliphatic carbocycles. The van der Waals surface area contributed by atoms with Crippen LogP contribution in [0.15, 0.2) is 0 Å². The minimum Gasteiger partial charge on any atom is -0.348 e. The first-order valence-corrected chi connectivity index (χ1v) is 4.56. The van der Waals surface area contributed by atoms with Crippen molar-refractivity contribution in [1.29, 1.82) is 0 Å². The first-order chi connectivity index (χ1) is 5.47. The number of likely N-dealkylation sites (tertiary alicyclic amines) is 1. The molecule has 3 heteroatoms. The largest absolute Gasteiger partial charge is 0.348 e. The standard InChI is InChI=1S/C8H16N2O/c1-2-5-10(6-3-1)8-9-4-7-11-8/h8-9H,1-7H2. The first-order valence-electron chi connectivity index (χ1n) is 4.56. The van der Waals surface area contributed by atoms with E-state index in [1.54, 1.807) is 0 Å². The van der Waals surface area contributed by atoms with Gasteiger partial charge in [0, 0.05) is 19.6 Å². The molecule has 64 valence electrons. The van der Waals surface area contributed by atoms with Crippen LogP contribution >= 0.6 is 0 Å². The maximum Gasteiger partial charge on any atom is 0.166 e. The lowest BCUT2D eigenvalue weighted by Crippen LogP contribution is -2.45. The highest BCUT2D eigenvalue weighted by molar-refractivity contribution is 4.70. The normalized spacial score (nSPS) is 34.4. The molecule has 2 aliphatic rings. The van der Waals surface area contributed by atoms with Gasteiger partial charge >= 0.3 is 0 Å². The molecule has 2 aliphatic heterocycles. The third-order valence-corrected chi connectivity index (χ3v) is 2.42. The maximum atomic E-state index is 5.51. The third kappa shape index (κ3) is 1.72. The number of nitrogens with zero attached hydrogens (tertiary/aromatic N) is 1. The Morgan fingerprint density at radius 2 is 2.00 bits per heavy atom. The summed E-state index contributed by atoms with van der Waals surface area (Å²) in [5.41, 5.74) is 0. The van der Waals surface area contributed by atoms with E-state index >= 15 is 0 Å². The van der Waals surface area contributed by atoms with E-state index < -0.39 is 0 Å². The first kappa shape index (κ1) is 7.53. The molecule has 0 amide bonds. The summed E-state index contributed by atoms with van der Waals surface area (Å²) in [5.74, 6) is 0. The fourth-order valence-corrected chi connectivity index (χ4v) is 1.80. The maximum absolute atomic E-state index is 5.51. The number of nitrogens with one attached hydrogen (secondary N) is 1. The zero-order chi connectivity index (χ0) is 7.52. The van der Waals surface area contributed by atoms with Gasteiger partial charge in [-0.2, -0.15) is 0 Å². The van der Waals surface area contributed by atoms with Crippen molar-refractivity contribution in [2.45, 2.75) is 25.6 Å². The summed E-state index contributed by atoms with van der Waals surface area (Å²) in [6.45, 7) is 4.30. The van der Waals surface area contributed by atoms with Crippen molar-refractivity contribution >= 4 is 0 Å². The van der Waals surface area contributed by atoms with Gasteiger partial charge in [-0.15, -0.1) is 0 Å². The molecule has 1 N–H and O–H groups in total. The highest BCUT2D eigenvalue weighted by Crippen LogP contribution is 2.12. The molecule has 0 radical (unpaired) electrons. The van der Waals surface area contributed by atoms with Crippen molar-refractivity contribution in [3.63, 3.8) is 0 Å². The molecular weight excluding hydrogens is 140 g/mol. The van der Waals surface area contributed by atoms with E-state index in [0.717, 1.165) is 13.2 Å². The van der Waals surface area contributed by atoms with Gasteiger partial charge in [0.05, 0.1) is 6.61 Å². The molecule has 3 nitrogen and oxygen atoms in total. The van der Waals surface area contributed by atoms with Gasteiger partial charge in [0.1, 0.15) is 0 Å². The van der Waals surface area contributed by atoms with E-state index in [1.807, 2.05) is 0 Å². The van der Waals surface area contributed by atoms with Crippen molar-refractivity contribution in [3.05, 3.63) is 0 Å². The molecule has 0 aromatic rings. The minimum atomic E-state index is 0.232. The lowest BCUT2D eigenvalue weighted by Gasteiger charge is -2.30. The average Bonchev–Trinajstić information content (AvgIpc) is 2.58. The number of rotatable bonds is 1. The molecule has 0 saturated carbocycles. The fraction of sp³-hybridized carbons (Fsp3) is 1.00. The molecular formula is C8H16N2O. The van der Waals surface area contributed by atoms with Crippen LogP contribution in [0.25, 0.3) is 0 Å². The number of hydrogen-bond acceptors (Lipinski definition) is 3. The third-order valence-electron chi connectivity index (χ3n) is 2.42. The van der Waals surface area contributed by atoms with Gasteiger partial charge in [-0.05, 0) is 12.8 Å². The van der Waals surface area contributed by atoms with Gasteiger partial charge in [-0.1, -0.05) is 6.42 Å². The second kappa shape index (κ2) is 3.52. The topological polar surface area (TPSA) is 24.5 Å². The number of hydrogen-bond donors (Lipinski definition) is 1. The zero-order valence-electron chi connectivity index (χ0n) is 6.88. The van der Waals surface area contributed by atoms with Crippen molar-refractivity contribution in [2.24, 2.45) is 0 Å². The Balaban J connectivity index is 1.82. The van der Waals surface area contributed by atoms with E-state index in [-0.39, 0.29) is 6.35 Å². The van der Waals surface area contributed by atoms with Gasteiger partial charge in [0.2, 0.25) is 0 Å². The van der Waals surface area contributed by atoms with Crippen LogP contribution in [-0.2, 0) is 4.74 Å². The molecule has 2 fully saturated rings. The molecule has 2 saturated heterocycles. The number of piperidine rings is 1. The molecule has 2 rings (SSSR count). The Kier molecular flexibility index (Phi) is 2.41. The van der Waals surface area contributed by atoms with Gasteiger partial charge in [-0.25, -0.2) is 0 Å². The summed E-state index contributed by atoms with van der Waals surface area (Å²) >= 11 is 0. The molecule has 0 aromatic heterocycles. The predicted molar refractivity (Wildman–Crippen MR) is 43.2 cm³/mol. The Hall–Kier alpha value is -0.120. The predicted octanol–water partition coefficient (Wildman–Crippen LogP) is 0.376. The second-order valence-corrected chi connectivity index (χ2v) is 3.27. The van der Waals surface area contributed by atoms with Crippen molar-refractivity contribution in [3.8, 4) is 0 Å². The van der Waals surface area contributed by atoms with E-state index in [4.69, 9.17) is 4.74 Å². The van der Waals surface area contributed by atoms with E-state index in [9.17, 15) is 0 Å². The fourth-order valence-electron chi connectivity index (χ4n) is 1.80. The van der Waals surface area contributed by atoms with Gasteiger partial charge in [0.25, 0.3) is 0 Å². The Morgan fingerprint density at radius 3 is 2.64 bits per heavy atom. The lowest BCUT2D eigenvalue weighted by atomic mass is 10.1. The van der Waals surface area contributed by atoms with E-state index in [1.165, 1.54) is 32.4 Å². The van der Waals surface area contributed by atoms with E-state index in [0.29, 0.717) is 0 Å². The Morgan fingerprint density at radius 1 is 1.18 bits per heavy atom. The van der Waals surface area contributed by atoms with Gasteiger partial charge in [-0.3, -0.25) is 10.2 Å². The molecule has 11 heavy (non-hydrogen) atoms. The summed E-state index contributed by atoms with van der Waals surface area (Å²) < 4.78 is 5.51. The van der Waals surface area contributed by atoms with E-state index in [2.05, 4.69) is 10.2 Å². The lowest BCUT2D eigenvalue weighted by molar-refractivity contribution is -0.0401. The Labute approximate surface area is 67.7 Å². The molecule has 1 unspecified atom stereocenters. The smallest absolute Gasteiger partial charge is 0.166 e. The van der Waals surface area contributed by atoms with Crippen LogP contribution in [0.3, 0.4) is 0 Å². The molecule has 0 bridgehead atoms. The summed E-state index contributed by atoms with van der Waals surface area (Å²) in [6, 6.07) is 0. The quantitative estimate of drug-likeness (QED) is 0.594.